The highest BCUT2D eigenvalue weighted by Crippen LogP contribution is 2.36. The van der Waals surface area contributed by atoms with E-state index in [2.05, 4.69) is 25.8 Å². The zero-order valence-corrected chi connectivity index (χ0v) is 16.0. The van der Waals surface area contributed by atoms with Gasteiger partial charge in [-0.25, -0.2) is 0 Å². The molecule has 28 heavy (non-hydrogen) atoms. The fourth-order valence-corrected chi connectivity index (χ4v) is 2.62. The number of ether oxygens (including phenoxy) is 2. The zero-order chi connectivity index (χ0) is 19.9. The molecule has 2 aromatic heterocycles. The van der Waals surface area contributed by atoms with E-state index in [-0.39, 0.29) is 11.6 Å². The first-order valence-corrected chi connectivity index (χ1v) is 8.68. The molecule has 0 bridgehead atoms. The summed E-state index contributed by atoms with van der Waals surface area (Å²) in [5.74, 6) is 1.13. The summed E-state index contributed by atoms with van der Waals surface area (Å²) in [7, 11) is 3.06. The van der Waals surface area contributed by atoms with E-state index in [0.717, 1.165) is 5.56 Å². The molecule has 0 fully saturated rings. The van der Waals surface area contributed by atoms with Crippen LogP contribution in [0.25, 0.3) is 0 Å². The molecule has 0 aliphatic rings. The third-order valence-corrected chi connectivity index (χ3v) is 4.13. The molecule has 8 nitrogen and oxygen atoms in total. The van der Waals surface area contributed by atoms with Crippen LogP contribution in [0.3, 0.4) is 0 Å². The number of nitrogens with zero attached hydrogens (tertiary/aromatic N) is 3. The van der Waals surface area contributed by atoms with E-state index in [1.54, 1.807) is 36.7 Å². The van der Waals surface area contributed by atoms with Gasteiger partial charge in [-0.15, -0.1) is 10.2 Å². The second kappa shape index (κ2) is 9.01. The lowest BCUT2D eigenvalue weighted by atomic mass is 10.2. The van der Waals surface area contributed by atoms with Crippen LogP contribution in [-0.4, -0.2) is 35.3 Å². The highest BCUT2D eigenvalue weighted by molar-refractivity contribution is 6.32. The van der Waals surface area contributed by atoms with Crippen molar-refractivity contribution in [3.05, 3.63) is 65.1 Å². The molecule has 1 aromatic carbocycles. The highest BCUT2D eigenvalue weighted by Gasteiger charge is 2.12. The van der Waals surface area contributed by atoms with Gasteiger partial charge in [0, 0.05) is 31.1 Å². The predicted octanol–water partition coefficient (Wildman–Crippen LogP) is 3.22. The van der Waals surface area contributed by atoms with Crippen LogP contribution in [0.2, 0.25) is 5.02 Å². The number of pyridine rings is 1. The number of benzene rings is 1. The molecule has 0 unspecified atom stereocenters. The van der Waals surface area contributed by atoms with Gasteiger partial charge in [0.15, 0.2) is 11.5 Å². The molecule has 2 heterocycles. The molecule has 3 aromatic rings. The van der Waals surface area contributed by atoms with E-state index in [4.69, 9.17) is 21.1 Å². The SMILES string of the molecule is COc1cc(Nc2ccc(C(=O)NCc3ccncc3)nn2)c(OC)cc1Cl. The Balaban J connectivity index is 1.68. The largest absolute Gasteiger partial charge is 0.495 e. The van der Waals surface area contributed by atoms with Gasteiger partial charge in [-0.1, -0.05) is 11.6 Å². The zero-order valence-electron chi connectivity index (χ0n) is 15.3. The van der Waals surface area contributed by atoms with Crippen molar-refractivity contribution >= 4 is 29.0 Å². The van der Waals surface area contributed by atoms with Crippen molar-refractivity contribution in [1.29, 1.82) is 0 Å². The second-order valence-corrected chi connectivity index (χ2v) is 6.06. The highest BCUT2D eigenvalue weighted by atomic mass is 35.5. The lowest BCUT2D eigenvalue weighted by molar-refractivity contribution is 0.0945. The van der Waals surface area contributed by atoms with Crippen LogP contribution in [0.5, 0.6) is 11.5 Å². The third kappa shape index (κ3) is 4.66. The Morgan fingerprint density at radius 1 is 1.04 bits per heavy atom. The number of anilines is 2. The third-order valence-electron chi connectivity index (χ3n) is 3.84. The van der Waals surface area contributed by atoms with Crippen LogP contribution in [0.15, 0.2) is 48.8 Å². The molecule has 3 rings (SSSR count). The standard InChI is InChI=1S/C19H18ClN5O3/c1-27-16-10-15(17(28-2)9-13(16)20)23-18-4-3-14(24-25-18)19(26)22-11-12-5-7-21-8-6-12/h3-10H,11H2,1-2H3,(H,22,26)(H,23,25). The van der Waals surface area contributed by atoms with Gasteiger partial charge < -0.3 is 20.1 Å². The van der Waals surface area contributed by atoms with E-state index >= 15 is 0 Å². The van der Waals surface area contributed by atoms with Gasteiger partial charge in [-0.3, -0.25) is 9.78 Å². The van der Waals surface area contributed by atoms with Gasteiger partial charge in [0.25, 0.3) is 5.91 Å². The molecular weight excluding hydrogens is 382 g/mol. The maximum atomic E-state index is 12.2. The molecule has 2 N–H and O–H groups in total. The summed E-state index contributed by atoms with van der Waals surface area (Å²) in [5, 5.41) is 14.3. The fraction of sp³-hybridized carbons (Fsp3) is 0.158. The molecule has 0 saturated heterocycles. The van der Waals surface area contributed by atoms with Crippen LogP contribution in [0, 0.1) is 0 Å². The molecule has 1 amide bonds. The van der Waals surface area contributed by atoms with E-state index in [1.807, 2.05) is 12.1 Å². The number of methoxy groups -OCH3 is 2. The van der Waals surface area contributed by atoms with E-state index < -0.39 is 0 Å². The van der Waals surface area contributed by atoms with E-state index in [1.165, 1.54) is 14.2 Å². The average Bonchev–Trinajstić information content (AvgIpc) is 2.74. The summed E-state index contributed by atoms with van der Waals surface area (Å²) in [4.78, 5) is 16.1. The number of aromatic nitrogens is 3. The van der Waals surface area contributed by atoms with Crippen molar-refractivity contribution in [2.24, 2.45) is 0 Å². The average molecular weight is 400 g/mol. The number of amides is 1. The van der Waals surface area contributed by atoms with Crippen LogP contribution in [0.1, 0.15) is 16.1 Å². The van der Waals surface area contributed by atoms with Gasteiger partial charge in [0.1, 0.15) is 11.5 Å². The van der Waals surface area contributed by atoms with Gasteiger partial charge in [-0.05, 0) is 29.8 Å². The predicted molar refractivity (Wildman–Crippen MR) is 105 cm³/mol. The summed E-state index contributed by atoms with van der Waals surface area (Å²) in [5.41, 5.74) is 1.76. The normalized spacial score (nSPS) is 10.2. The van der Waals surface area contributed by atoms with E-state index in [0.29, 0.717) is 34.6 Å². The van der Waals surface area contributed by atoms with Gasteiger partial charge >= 0.3 is 0 Å². The summed E-state index contributed by atoms with van der Waals surface area (Å²) in [6.07, 6.45) is 3.34. The molecule has 0 saturated carbocycles. The van der Waals surface area contributed by atoms with Gasteiger partial charge in [0.05, 0.1) is 24.9 Å². The Bertz CT molecular complexity index is 952. The topological polar surface area (TPSA) is 98.3 Å². The van der Waals surface area contributed by atoms with Crippen LogP contribution >= 0.6 is 11.6 Å². The van der Waals surface area contributed by atoms with Crippen molar-refractivity contribution in [2.75, 3.05) is 19.5 Å². The van der Waals surface area contributed by atoms with Crippen LogP contribution < -0.4 is 20.1 Å². The maximum absolute atomic E-state index is 12.2. The maximum Gasteiger partial charge on any atom is 0.272 e. The minimum Gasteiger partial charge on any atom is -0.495 e. The molecular formula is C19H18ClN5O3. The minimum atomic E-state index is -0.318. The Hall–Kier alpha value is -3.39. The smallest absolute Gasteiger partial charge is 0.272 e. The molecule has 0 spiro atoms. The first-order valence-electron chi connectivity index (χ1n) is 8.30. The molecule has 0 aliphatic heterocycles. The molecule has 144 valence electrons. The van der Waals surface area contributed by atoms with Crippen molar-refractivity contribution in [1.82, 2.24) is 20.5 Å². The van der Waals surface area contributed by atoms with Crippen molar-refractivity contribution in [2.45, 2.75) is 6.54 Å². The monoisotopic (exact) mass is 399 g/mol. The van der Waals surface area contributed by atoms with Crippen molar-refractivity contribution in [3.8, 4) is 11.5 Å². The van der Waals surface area contributed by atoms with Crippen LogP contribution in [-0.2, 0) is 6.54 Å². The van der Waals surface area contributed by atoms with E-state index in [9.17, 15) is 4.79 Å². The Kier molecular flexibility index (Phi) is 6.23. The number of nitrogens with one attached hydrogen (secondary N) is 2. The Morgan fingerprint density at radius 2 is 1.79 bits per heavy atom. The summed E-state index contributed by atoms with van der Waals surface area (Å²) >= 11 is 6.10. The van der Waals surface area contributed by atoms with Crippen molar-refractivity contribution in [3.63, 3.8) is 0 Å². The fourth-order valence-electron chi connectivity index (χ4n) is 2.39. The second-order valence-electron chi connectivity index (χ2n) is 5.65. The van der Waals surface area contributed by atoms with Crippen molar-refractivity contribution < 1.29 is 14.3 Å². The lowest BCUT2D eigenvalue weighted by Gasteiger charge is -2.13. The lowest BCUT2D eigenvalue weighted by Crippen LogP contribution is -2.24. The summed E-state index contributed by atoms with van der Waals surface area (Å²) in [6, 6.07) is 10.2. The number of carbonyl (C=O) groups excluding carboxylic acids is 1. The number of halogens is 1. The summed E-state index contributed by atoms with van der Waals surface area (Å²) < 4.78 is 10.5. The first-order chi connectivity index (χ1) is 13.6. The van der Waals surface area contributed by atoms with Gasteiger partial charge in [0.2, 0.25) is 0 Å². The van der Waals surface area contributed by atoms with Gasteiger partial charge in [-0.2, -0.15) is 0 Å². The number of rotatable bonds is 7. The molecule has 9 heteroatoms. The Morgan fingerprint density at radius 3 is 2.43 bits per heavy atom. The number of hydrogen-bond acceptors (Lipinski definition) is 7. The summed E-state index contributed by atoms with van der Waals surface area (Å²) in [6.45, 7) is 0.380. The van der Waals surface area contributed by atoms with Crippen LogP contribution in [0.4, 0.5) is 11.5 Å². The molecule has 0 atom stereocenters. The number of carbonyl (C=O) groups is 1. The Labute approximate surface area is 166 Å². The minimum absolute atomic E-state index is 0.209. The number of hydrogen-bond donors (Lipinski definition) is 2. The first kappa shape index (κ1) is 19.4. The quantitative estimate of drug-likeness (QED) is 0.629. The molecule has 0 radical (unpaired) electrons. The molecule has 0 aliphatic carbocycles.